The van der Waals surface area contributed by atoms with Gasteiger partial charge in [-0.2, -0.15) is 0 Å². The molecule has 0 N–H and O–H groups in total. The van der Waals surface area contributed by atoms with E-state index in [1.165, 1.54) is 19.3 Å². The van der Waals surface area contributed by atoms with E-state index >= 15 is 0 Å². The van der Waals surface area contributed by atoms with E-state index in [9.17, 15) is 4.79 Å². The summed E-state index contributed by atoms with van der Waals surface area (Å²) in [4.78, 5) is 11.6. The van der Waals surface area contributed by atoms with Crippen LogP contribution in [-0.4, -0.2) is 12.1 Å². The van der Waals surface area contributed by atoms with Crippen molar-refractivity contribution in [2.45, 2.75) is 38.7 Å². The fraction of sp³-hybridized carbons (Fsp3) is 0.667. The first-order valence-corrected chi connectivity index (χ1v) is 6.70. The van der Waals surface area contributed by atoms with Gasteiger partial charge in [0.05, 0.1) is 0 Å². The summed E-state index contributed by atoms with van der Waals surface area (Å²) in [6, 6.07) is 0. The van der Waals surface area contributed by atoms with E-state index in [-0.39, 0.29) is 12.1 Å². The van der Waals surface area contributed by atoms with Crippen molar-refractivity contribution in [1.82, 2.24) is 0 Å². The van der Waals surface area contributed by atoms with Gasteiger partial charge in [0.25, 0.3) is 0 Å². The lowest BCUT2D eigenvalue weighted by Crippen LogP contribution is -2.31. The molecule has 0 aromatic carbocycles. The van der Waals surface area contributed by atoms with E-state index in [1.807, 2.05) is 0 Å². The Morgan fingerprint density at radius 1 is 1.35 bits per heavy atom. The van der Waals surface area contributed by atoms with Crippen LogP contribution in [0.2, 0.25) is 0 Å². The molecule has 0 radical (unpaired) electrons. The number of carbonyl (C=O) groups is 1. The number of carbonyl (C=O) groups excluding carboxylic acids is 1. The molecule has 2 nitrogen and oxygen atoms in total. The number of allylic oxidation sites excluding steroid dienone is 2. The van der Waals surface area contributed by atoms with Crippen LogP contribution in [-0.2, 0) is 9.53 Å². The largest absolute Gasteiger partial charge is 0.459 e. The van der Waals surface area contributed by atoms with Crippen LogP contribution in [0.4, 0.5) is 0 Å². The maximum Gasteiger partial charge on any atom is 0.333 e. The quantitative estimate of drug-likeness (QED) is 0.415. The van der Waals surface area contributed by atoms with E-state index in [2.05, 4.69) is 18.7 Å². The topological polar surface area (TPSA) is 26.3 Å². The summed E-state index contributed by atoms with van der Waals surface area (Å²) < 4.78 is 5.62. The predicted molar refractivity (Wildman–Crippen MR) is 66.3 cm³/mol. The van der Waals surface area contributed by atoms with E-state index in [0.717, 1.165) is 18.3 Å². The fourth-order valence-corrected chi connectivity index (χ4v) is 4.05. The molecule has 5 unspecified atom stereocenters. The second kappa shape index (κ2) is 4.01. The zero-order chi connectivity index (χ0) is 12.0. The van der Waals surface area contributed by atoms with Crippen molar-refractivity contribution in [2.24, 2.45) is 23.7 Å². The Hall–Kier alpha value is -1.05. The Kier molecular flexibility index (Phi) is 2.61. The third kappa shape index (κ3) is 1.74. The van der Waals surface area contributed by atoms with Crippen LogP contribution in [0.5, 0.6) is 0 Å². The molecule has 2 saturated carbocycles. The Labute approximate surface area is 103 Å². The number of fused-ring (bicyclic) bond motifs is 5. The zero-order valence-corrected chi connectivity index (χ0v) is 10.4. The van der Waals surface area contributed by atoms with Crippen LogP contribution < -0.4 is 0 Å². The summed E-state index contributed by atoms with van der Waals surface area (Å²) in [5.41, 5.74) is 0.517. The van der Waals surface area contributed by atoms with Gasteiger partial charge in [0.15, 0.2) is 0 Å². The van der Waals surface area contributed by atoms with E-state index in [1.54, 1.807) is 6.92 Å². The summed E-state index contributed by atoms with van der Waals surface area (Å²) in [6.45, 7) is 5.38. The predicted octanol–water partition coefficient (Wildman–Crippen LogP) is 3.10. The number of ether oxygens (including phenoxy) is 1. The van der Waals surface area contributed by atoms with Gasteiger partial charge in [-0.1, -0.05) is 18.7 Å². The monoisotopic (exact) mass is 232 g/mol. The number of esters is 1. The highest BCUT2D eigenvalue weighted by Crippen LogP contribution is 2.54. The molecule has 0 aromatic rings. The Morgan fingerprint density at radius 2 is 2.18 bits per heavy atom. The third-order valence-electron chi connectivity index (χ3n) is 4.84. The van der Waals surface area contributed by atoms with E-state index in [0.29, 0.717) is 17.4 Å². The van der Waals surface area contributed by atoms with Gasteiger partial charge in [0.1, 0.15) is 6.10 Å². The van der Waals surface area contributed by atoms with Crippen molar-refractivity contribution < 1.29 is 9.53 Å². The number of hydrogen-bond donors (Lipinski definition) is 0. The minimum atomic E-state index is -0.209. The Bertz CT molecular complexity index is 382. The van der Waals surface area contributed by atoms with Gasteiger partial charge < -0.3 is 4.74 Å². The summed E-state index contributed by atoms with van der Waals surface area (Å²) >= 11 is 0. The summed E-state index contributed by atoms with van der Waals surface area (Å²) in [7, 11) is 0. The molecule has 0 spiro atoms. The van der Waals surface area contributed by atoms with Crippen molar-refractivity contribution in [3.05, 3.63) is 24.3 Å². The van der Waals surface area contributed by atoms with Crippen LogP contribution >= 0.6 is 0 Å². The molecule has 92 valence electrons. The number of rotatable bonds is 2. The fourth-order valence-electron chi connectivity index (χ4n) is 4.05. The average molecular weight is 232 g/mol. The highest BCUT2D eigenvalue weighted by molar-refractivity contribution is 5.87. The van der Waals surface area contributed by atoms with Crippen LogP contribution in [0.25, 0.3) is 0 Å². The maximum atomic E-state index is 11.6. The molecule has 2 bridgehead atoms. The molecule has 3 rings (SSSR count). The van der Waals surface area contributed by atoms with Crippen LogP contribution in [0, 0.1) is 23.7 Å². The first-order valence-electron chi connectivity index (χ1n) is 6.70. The first kappa shape index (κ1) is 11.1. The smallest absolute Gasteiger partial charge is 0.333 e. The molecule has 17 heavy (non-hydrogen) atoms. The molecular formula is C15H20O2. The molecule has 0 aliphatic heterocycles. The molecule has 0 saturated heterocycles. The molecular weight excluding hydrogens is 212 g/mol. The molecule has 3 aliphatic carbocycles. The highest BCUT2D eigenvalue weighted by Gasteiger charge is 2.50. The van der Waals surface area contributed by atoms with Crippen LogP contribution in [0.15, 0.2) is 24.3 Å². The number of hydrogen-bond acceptors (Lipinski definition) is 2. The summed E-state index contributed by atoms with van der Waals surface area (Å²) in [5.74, 6) is 2.75. The van der Waals surface area contributed by atoms with Gasteiger partial charge in [-0.25, -0.2) is 4.79 Å². The van der Waals surface area contributed by atoms with Crippen LogP contribution in [0.3, 0.4) is 0 Å². The molecule has 2 heteroatoms. The molecule has 0 aromatic heterocycles. The molecule has 0 heterocycles. The summed E-state index contributed by atoms with van der Waals surface area (Å²) in [6.07, 6.45) is 9.59. The van der Waals surface area contributed by atoms with Crippen molar-refractivity contribution in [3.63, 3.8) is 0 Å². The molecule has 2 fully saturated rings. The van der Waals surface area contributed by atoms with Crippen molar-refractivity contribution in [1.29, 1.82) is 0 Å². The second-order valence-electron chi connectivity index (χ2n) is 5.87. The standard InChI is InChI=1S/C15H20O2/c1-9(2)15(16)17-14-7-6-10-8-13(14)12-5-3-4-11(10)12/h3,5,10-14H,1,4,6-8H2,2H3. The summed E-state index contributed by atoms with van der Waals surface area (Å²) in [5, 5.41) is 0. The van der Waals surface area contributed by atoms with Gasteiger partial charge in [-0.15, -0.1) is 0 Å². The van der Waals surface area contributed by atoms with Crippen molar-refractivity contribution in [2.75, 3.05) is 0 Å². The van der Waals surface area contributed by atoms with Crippen molar-refractivity contribution >= 4 is 5.97 Å². The minimum Gasteiger partial charge on any atom is -0.459 e. The zero-order valence-electron chi connectivity index (χ0n) is 10.4. The normalized spacial score (nSPS) is 42.3. The van der Waals surface area contributed by atoms with Gasteiger partial charge in [-0.05, 0) is 50.4 Å². The Morgan fingerprint density at radius 3 is 2.94 bits per heavy atom. The Balaban J connectivity index is 1.73. The lowest BCUT2D eigenvalue weighted by molar-refractivity contribution is -0.148. The van der Waals surface area contributed by atoms with E-state index in [4.69, 9.17) is 4.74 Å². The van der Waals surface area contributed by atoms with Gasteiger partial charge >= 0.3 is 5.97 Å². The third-order valence-corrected chi connectivity index (χ3v) is 4.84. The molecule has 0 amide bonds. The molecule has 3 aliphatic rings. The first-order chi connectivity index (χ1) is 8.16. The molecule has 5 atom stereocenters. The highest BCUT2D eigenvalue weighted by atomic mass is 16.5. The van der Waals surface area contributed by atoms with E-state index < -0.39 is 0 Å². The second-order valence-corrected chi connectivity index (χ2v) is 5.87. The van der Waals surface area contributed by atoms with Gasteiger partial charge in [0, 0.05) is 11.5 Å². The van der Waals surface area contributed by atoms with Gasteiger partial charge in [-0.3, -0.25) is 0 Å². The average Bonchev–Trinajstić information content (AvgIpc) is 2.85. The maximum absolute atomic E-state index is 11.6. The van der Waals surface area contributed by atoms with Crippen molar-refractivity contribution in [3.8, 4) is 0 Å². The lowest BCUT2D eigenvalue weighted by atomic mass is 9.83. The minimum absolute atomic E-state index is 0.133. The lowest BCUT2D eigenvalue weighted by Gasteiger charge is -2.30. The SMILES string of the molecule is C=C(C)C(=O)OC1CCC2CC1C1C=CCC21. The van der Waals surface area contributed by atoms with Gasteiger partial charge in [0.2, 0.25) is 0 Å². The van der Waals surface area contributed by atoms with Crippen LogP contribution in [0.1, 0.15) is 32.6 Å².